The number of nitrogen functional groups attached to an aromatic ring is 1. The first-order chi connectivity index (χ1) is 9.59. The van der Waals surface area contributed by atoms with Crippen LogP contribution in [0.25, 0.3) is 0 Å². The van der Waals surface area contributed by atoms with Gasteiger partial charge < -0.3 is 11.5 Å². The first-order valence-corrected chi connectivity index (χ1v) is 6.64. The number of carbonyl (C=O) groups excluding carboxylic acids is 1. The SMILES string of the molecule is CC(CCCc1ccccc1)n1nnc(C(N)=O)c1N. The third kappa shape index (κ3) is 3.14. The molecule has 1 aromatic carbocycles. The molecule has 0 fully saturated rings. The Balaban J connectivity index is 1.92. The summed E-state index contributed by atoms with van der Waals surface area (Å²) in [5.74, 6) is -0.407. The smallest absolute Gasteiger partial charge is 0.273 e. The Labute approximate surface area is 117 Å². The molecule has 0 spiro atoms. The van der Waals surface area contributed by atoms with Crippen LogP contribution in [0, 0.1) is 0 Å². The van der Waals surface area contributed by atoms with Crippen LogP contribution < -0.4 is 11.5 Å². The monoisotopic (exact) mass is 273 g/mol. The summed E-state index contributed by atoms with van der Waals surface area (Å²) in [6, 6.07) is 10.4. The van der Waals surface area contributed by atoms with E-state index >= 15 is 0 Å². The van der Waals surface area contributed by atoms with Gasteiger partial charge in [0.05, 0.1) is 6.04 Å². The fourth-order valence-corrected chi connectivity index (χ4v) is 2.17. The maximum Gasteiger partial charge on any atom is 0.273 e. The second-order valence-electron chi connectivity index (χ2n) is 4.86. The summed E-state index contributed by atoms with van der Waals surface area (Å²) < 4.78 is 1.56. The molecule has 0 aliphatic heterocycles. The Morgan fingerprint density at radius 3 is 2.65 bits per heavy atom. The van der Waals surface area contributed by atoms with Gasteiger partial charge in [0.15, 0.2) is 11.5 Å². The van der Waals surface area contributed by atoms with Crippen molar-refractivity contribution in [3.05, 3.63) is 41.6 Å². The summed E-state index contributed by atoms with van der Waals surface area (Å²) in [4.78, 5) is 11.1. The van der Waals surface area contributed by atoms with Gasteiger partial charge in [0.1, 0.15) is 0 Å². The van der Waals surface area contributed by atoms with E-state index in [-0.39, 0.29) is 17.6 Å². The van der Waals surface area contributed by atoms with E-state index in [1.807, 2.05) is 25.1 Å². The molecule has 20 heavy (non-hydrogen) atoms. The van der Waals surface area contributed by atoms with Crippen molar-refractivity contribution in [2.45, 2.75) is 32.2 Å². The van der Waals surface area contributed by atoms with Crippen molar-refractivity contribution in [1.82, 2.24) is 15.0 Å². The minimum atomic E-state index is -0.648. The Hall–Kier alpha value is -2.37. The Bertz CT molecular complexity index is 579. The van der Waals surface area contributed by atoms with Crippen LogP contribution in [0.4, 0.5) is 5.82 Å². The summed E-state index contributed by atoms with van der Waals surface area (Å²) in [7, 11) is 0. The van der Waals surface area contributed by atoms with Gasteiger partial charge in [-0.1, -0.05) is 35.5 Å². The lowest BCUT2D eigenvalue weighted by Gasteiger charge is -2.12. The molecule has 1 amide bonds. The molecule has 1 aromatic heterocycles. The zero-order valence-corrected chi connectivity index (χ0v) is 11.5. The number of carbonyl (C=O) groups is 1. The second-order valence-corrected chi connectivity index (χ2v) is 4.86. The van der Waals surface area contributed by atoms with Gasteiger partial charge in [-0.05, 0) is 31.7 Å². The molecular weight excluding hydrogens is 254 g/mol. The van der Waals surface area contributed by atoms with E-state index < -0.39 is 5.91 Å². The first-order valence-electron chi connectivity index (χ1n) is 6.64. The van der Waals surface area contributed by atoms with Gasteiger partial charge >= 0.3 is 0 Å². The standard InChI is InChI=1S/C14H19N5O/c1-10(6-5-9-11-7-3-2-4-8-11)19-13(15)12(14(16)20)17-18-19/h2-4,7-8,10H,5-6,9,15H2,1H3,(H2,16,20). The normalized spacial score (nSPS) is 12.2. The molecule has 0 aliphatic rings. The highest BCUT2D eigenvalue weighted by Gasteiger charge is 2.17. The quantitative estimate of drug-likeness (QED) is 0.833. The van der Waals surface area contributed by atoms with Crippen LogP contribution in [-0.4, -0.2) is 20.9 Å². The highest BCUT2D eigenvalue weighted by molar-refractivity contribution is 5.94. The fourth-order valence-electron chi connectivity index (χ4n) is 2.17. The van der Waals surface area contributed by atoms with Gasteiger partial charge in [0.25, 0.3) is 5.91 Å². The van der Waals surface area contributed by atoms with Gasteiger partial charge in [0.2, 0.25) is 0 Å². The van der Waals surface area contributed by atoms with Crippen LogP contribution in [0.3, 0.4) is 0 Å². The lowest BCUT2D eigenvalue weighted by molar-refractivity contribution is 0.0996. The van der Waals surface area contributed by atoms with Crippen LogP contribution in [0.15, 0.2) is 30.3 Å². The number of hydrogen-bond donors (Lipinski definition) is 2. The predicted molar refractivity (Wildman–Crippen MR) is 77.0 cm³/mol. The zero-order valence-electron chi connectivity index (χ0n) is 11.5. The number of amides is 1. The van der Waals surface area contributed by atoms with Crippen molar-refractivity contribution >= 4 is 11.7 Å². The molecule has 0 saturated heterocycles. The molecule has 0 radical (unpaired) electrons. The van der Waals surface area contributed by atoms with Crippen molar-refractivity contribution in [3.63, 3.8) is 0 Å². The number of primary amides is 1. The van der Waals surface area contributed by atoms with E-state index in [9.17, 15) is 4.79 Å². The van der Waals surface area contributed by atoms with Gasteiger partial charge in [-0.15, -0.1) is 5.10 Å². The van der Waals surface area contributed by atoms with Gasteiger partial charge in [-0.3, -0.25) is 4.79 Å². The molecule has 106 valence electrons. The van der Waals surface area contributed by atoms with Crippen molar-refractivity contribution in [2.24, 2.45) is 5.73 Å². The summed E-state index contributed by atoms with van der Waals surface area (Å²) in [5.41, 5.74) is 12.3. The number of aryl methyl sites for hydroxylation is 1. The van der Waals surface area contributed by atoms with Crippen LogP contribution in [0.1, 0.15) is 41.9 Å². The van der Waals surface area contributed by atoms with Crippen molar-refractivity contribution in [3.8, 4) is 0 Å². The van der Waals surface area contributed by atoms with Crippen molar-refractivity contribution in [2.75, 3.05) is 5.73 Å². The number of hydrogen-bond acceptors (Lipinski definition) is 4. The molecule has 2 aromatic rings. The number of aromatic nitrogens is 3. The van der Waals surface area contributed by atoms with Gasteiger partial charge in [-0.2, -0.15) is 0 Å². The Morgan fingerprint density at radius 1 is 1.35 bits per heavy atom. The molecule has 0 aliphatic carbocycles. The summed E-state index contributed by atoms with van der Waals surface area (Å²) in [6.45, 7) is 2.00. The van der Waals surface area contributed by atoms with E-state index in [1.54, 1.807) is 4.68 Å². The Kier molecular flexibility index (Phi) is 4.34. The molecule has 6 heteroatoms. The zero-order chi connectivity index (χ0) is 14.5. The highest BCUT2D eigenvalue weighted by Crippen LogP contribution is 2.19. The third-order valence-corrected chi connectivity index (χ3v) is 3.31. The average Bonchev–Trinajstić information content (AvgIpc) is 2.82. The topological polar surface area (TPSA) is 99.8 Å². The van der Waals surface area contributed by atoms with E-state index in [0.29, 0.717) is 0 Å². The molecule has 2 rings (SSSR count). The minimum Gasteiger partial charge on any atom is -0.382 e. The van der Waals surface area contributed by atoms with Crippen LogP contribution in [-0.2, 0) is 6.42 Å². The van der Waals surface area contributed by atoms with E-state index in [2.05, 4.69) is 22.4 Å². The largest absolute Gasteiger partial charge is 0.382 e. The molecule has 4 N–H and O–H groups in total. The van der Waals surface area contributed by atoms with E-state index in [1.165, 1.54) is 5.56 Å². The molecule has 0 bridgehead atoms. The lowest BCUT2D eigenvalue weighted by Crippen LogP contribution is -2.16. The van der Waals surface area contributed by atoms with E-state index in [0.717, 1.165) is 19.3 Å². The van der Waals surface area contributed by atoms with Gasteiger partial charge in [-0.25, -0.2) is 4.68 Å². The maximum atomic E-state index is 11.1. The number of nitrogens with two attached hydrogens (primary N) is 2. The number of benzene rings is 1. The van der Waals surface area contributed by atoms with E-state index in [4.69, 9.17) is 11.5 Å². The molecule has 1 atom stereocenters. The minimum absolute atomic E-state index is 0.0416. The molecule has 1 unspecified atom stereocenters. The summed E-state index contributed by atoms with van der Waals surface area (Å²) >= 11 is 0. The second kappa shape index (κ2) is 6.18. The maximum absolute atomic E-state index is 11.1. The molecule has 6 nitrogen and oxygen atoms in total. The predicted octanol–water partition coefficient (Wildman–Crippen LogP) is 1.54. The third-order valence-electron chi connectivity index (χ3n) is 3.31. The number of anilines is 1. The number of rotatable bonds is 6. The van der Waals surface area contributed by atoms with Crippen LogP contribution in [0.5, 0.6) is 0 Å². The summed E-state index contributed by atoms with van der Waals surface area (Å²) in [5, 5.41) is 7.62. The number of nitrogens with zero attached hydrogens (tertiary/aromatic N) is 3. The fraction of sp³-hybridized carbons (Fsp3) is 0.357. The average molecular weight is 273 g/mol. The molecule has 1 heterocycles. The molecular formula is C14H19N5O. The highest BCUT2D eigenvalue weighted by atomic mass is 16.1. The van der Waals surface area contributed by atoms with Crippen molar-refractivity contribution < 1.29 is 4.79 Å². The van der Waals surface area contributed by atoms with Crippen LogP contribution in [0.2, 0.25) is 0 Å². The van der Waals surface area contributed by atoms with Gasteiger partial charge in [0, 0.05) is 0 Å². The summed E-state index contributed by atoms with van der Waals surface area (Å²) in [6.07, 6.45) is 2.92. The Morgan fingerprint density at radius 2 is 2.05 bits per heavy atom. The first kappa shape index (κ1) is 14.0. The molecule has 0 saturated carbocycles. The van der Waals surface area contributed by atoms with Crippen molar-refractivity contribution in [1.29, 1.82) is 0 Å². The van der Waals surface area contributed by atoms with Crippen LogP contribution >= 0.6 is 0 Å². The lowest BCUT2D eigenvalue weighted by atomic mass is 10.1.